The molecule has 1 atom stereocenters. The molecule has 1 heterocycles. The molecule has 0 aliphatic heterocycles. The molecule has 130 valence electrons. The van der Waals surface area contributed by atoms with Gasteiger partial charge in [0, 0.05) is 24.1 Å². The van der Waals surface area contributed by atoms with E-state index >= 15 is 0 Å². The molecule has 0 saturated carbocycles. The van der Waals surface area contributed by atoms with Crippen LogP contribution >= 0.6 is 11.9 Å². The van der Waals surface area contributed by atoms with Crippen LogP contribution in [0.4, 0.5) is 4.79 Å². The number of carboxylic acid groups (broad SMARTS) is 1. The summed E-state index contributed by atoms with van der Waals surface area (Å²) in [4.78, 5) is 18.8. The summed E-state index contributed by atoms with van der Waals surface area (Å²) in [6, 6.07) is 9.50. The predicted octanol–water partition coefficient (Wildman–Crippen LogP) is 3.81. The summed E-state index contributed by atoms with van der Waals surface area (Å²) < 4.78 is 3.27. The SMILES string of the molecule is CCSNCCCCC(NC(=O)O)c1c[nH]c(-c2ccccc2)n1. The van der Waals surface area contributed by atoms with Crippen LogP contribution < -0.4 is 10.0 Å². The first-order chi connectivity index (χ1) is 11.7. The van der Waals surface area contributed by atoms with Gasteiger partial charge in [0.25, 0.3) is 0 Å². The van der Waals surface area contributed by atoms with E-state index in [0.29, 0.717) is 0 Å². The van der Waals surface area contributed by atoms with Gasteiger partial charge in [0.2, 0.25) is 0 Å². The largest absolute Gasteiger partial charge is 0.465 e. The van der Waals surface area contributed by atoms with E-state index in [9.17, 15) is 4.79 Å². The highest BCUT2D eigenvalue weighted by Crippen LogP contribution is 2.22. The second-order valence-electron chi connectivity index (χ2n) is 5.37. The zero-order valence-electron chi connectivity index (χ0n) is 13.8. The Hall–Kier alpha value is -1.99. The lowest BCUT2D eigenvalue weighted by atomic mass is 10.1. The molecule has 0 aliphatic carbocycles. The predicted molar refractivity (Wildman–Crippen MR) is 97.9 cm³/mol. The minimum atomic E-state index is -1.02. The Bertz CT molecular complexity index is 618. The van der Waals surface area contributed by atoms with Crippen LogP contribution in [0.5, 0.6) is 0 Å². The highest BCUT2D eigenvalue weighted by Gasteiger charge is 2.17. The Morgan fingerprint density at radius 1 is 1.33 bits per heavy atom. The quantitative estimate of drug-likeness (QED) is 0.387. The van der Waals surface area contributed by atoms with Crippen LogP contribution in [0.2, 0.25) is 0 Å². The number of benzene rings is 1. The molecule has 2 rings (SSSR count). The van der Waals surface area contributed by atoms with Gasteiger partial charge in [-0.25, -0.2) is 9.78 Å². The number of H-pyrrole nitrogens is 1. The first-order valence-corrected chi connectivity index (χ1v) is 9.14. The van der Waals surface area contributed by atoms with Gasteiger partial charge in [-0.15, -0.1) is 0 Å². The minimum absolute atomic E-state index is 0.296. The lowest BCUT2D eigenvalue weighted by Crippen LogP contribution is -2.27. The molecule has 0 aliphatic rings. The van der Waals surface area contributed by atoms with Crippen molar-refractivity contribution in [1.29, 1.82) is 0 Å². The zero-order chi connectivity index (χ0) is 17.2. The van der Waals surface area contributed by atoms with E-state index in [1.807, 2.05) is 30.3 Å². The standard InChI is InChI=1S/C17H24N4O2S/c1-2-24-19-11-7-6-10-14(21-17(22)23)15-12-18-16(20-15)13-8-4-3-5-9-13/h3-5,8-9,12,14,19,21H,2,6-7,10-11H2,1H3,(H,18,20)(H,22,23). The van der Waals surface area contributed by atoms with Gasteiger partial charge >= 0.3 is 6.09 Å². The molecule has 0 saturated heterocycles. The van der Waals surface area contributed by atoms with Gasteiger partial charge in [-0.1, -0.05) is 49.2 Å². The molecule has 0 fully saturated rings. The molecule has 1 aromatic carbocycles. The summed E-state index contributed by atoms with van der Waals surface area (Å²) in [5, 5.41) is 11.6. The minimum Gasteiger partial charge on any atom is -0.465 e. The number of carbonyl (C=O) groups is 1. The normalized spacial score (nSPS) is 12.0. The molecule has 2 aromatic rings. The van der Waals surface area contributed by atoms with Crippen molar-refractivity contribution < 1.29 is 9.90 Å². The molecule has 1 aromatic heterocycles. The Kier molecular flexibility index (Phi) is 7.64. The van der Waals surface area contributed by atoms with Gasteiger partial charge in [-0.05, 0) is 19.3 Å². The second kappa shape index (κ2) is 10.00. The number of amides is 1. The summed E-state index contributed by atoms with van der Waals surface area (Å²) >= 11 is 1.70. The van der Waals surface area contributed by atoms with Gasteiger partial charge < -0.3 is 15.4 Å². The van der Waals surface area contributed by atoms with E-state index in [2.05, 4.69) is 26.9 Å². The van der Waals surface area contributed by atoms with Gasteiger partial charge in [0.05, 0.1) is 11.7 Å². The van der Waals surface area contributed by atoms with Crippen LogP contribution in [-0.2, 0) is 0 Å². The van der Waals surface area contributed by atoms with Crippen LogP contribution in [0, 0.1) is 0 Å². The van der Waals surface area contributed by atoms with Crippen LogP contribution in [-0.4, -0.2) is 33.5 Å². The maximum atomic E-state index is 11.1. The monoisotopic (exact) mass is 348 g/mol. The van der Waals surface area contributed by atoms with Crippen molar-refractivity contribution in [2.24, 2.45) is 0 Å². The number of hydrogen-bond donors (Lipinski definition) is 4. The van der Waals surface area contributed by atoms with E-state index < -0.39 is 6.09 Å². The number of nitrogens with one attached hydrogen (secondary N) is 3. The third kappa shape index (κ3) is 5.90. The number of aromatic amines is 1. The van der Waals surface area contributed by atoms with Crippen molar-refractivity contribution in [2.75, 3.05) is 12.3 Å². The van der Waals surface area contributed by atoms with E-state index in [1.165, 1.54) is 0 Å². The molecule has 1 unspecified atom stereocenters. The fourth-order valence-corrected chi connectivity index (χ4v) is 2.91. The molecule has 0 bridgehead atoms. The molecule has 6 nitrogen and oxygen atoms in total. The Labute approximate surface area is 146 Å². The summed E-state index contributed by atoms with van der Waals surface area (Å²) in [7, 11) is 0. The zero-order valence-corrected chi connectivity index (χ0v) is 14.6. The lowest BCUT2D eigenvalue weighted by molar-refractivity contribution is 0.188. The number of unbranched alkanes of at least 4 members (excludes halogenated alkanes) is 1. The van der Waals surface area contributed by atoms with Gasteiger partial charge in [0.1, 0.15) is 5.82 Å². The van der Waals surface area contributed by atoms with Crippen LogP contribution in [0.3, 0.4) is 0 Å². The van der Waals surface area contributed by atoms with Crippen molar-refractivity contribution >= 4 is 18.0 Å². The number of aromatic nitrogens is 2. The van der Waals surface area contributed by atoms with Gasteiger partial charge in [-0.3, -0.25) is 4.72 Å². The molecule has 4 N–H and O–H groups in total. The fourth-order valence-electron chi connectivity index (χ4n) is 2.42. The first kappa shape index (κ1) is 18.4. The topological polar surface area (TPSA) is 90.0 Å². The second-order valence-corrected chi connectivity index (χ2v) is 6.52. The maximum absolute atomic E-state index is 11.1. The van der Waals surface area contributed by atoms with Gasteiger partial charge in [-0.2, -0.15) is 0 Å². The molecule has 0 radical (unpaired) electrons. The van der Waals surface area contributed by atoms with E-state index in [0.717, 1.165) is 48.6 Å². The van der Waals surface area contributed by atoms with Crippen LogP contribution in [0.25, 0.3) is 11.4 Å². The molecular formula is C17H24N4O2S. The van der Waals surface area contributed by atoms with E-state index in [4.69, 9.17) is 5.11 Å². The fraction of sp³-hybridized carbons (Fsp3) is 0.412. The number of rotatable bonds is 10. The summed E-state index contributed by atoms with van der Waals surface area (Å²) in [5.41, 5.74) is 1.71. The Morgan fingerprint density at radius 3 is 2.83 bits per heavy atom. The van der Waals surface area contributed by atoms with Gasteiger partial charge in [0.15, 0.2) is 0 Å². The number of nitrogens with zero attached hydrogens (tertiary/aromatic N) is 1. The highest BCUT2D eigenvalue weighted by atomic mass is 32.2. The average molecular weight is 348 g/mol. The third-order valence-corrected chi connectivity index (χ3v) is 4.26. The van der Waals surface area contributed by atoms with Crippen LogP contribution in [0.15, 0.2) is 36.5 Å². The molecule has 24 heavy (non-hydrogen) atoms. The number of hydrogen-bond acceptors (Lipinski definition) is 4. The molecule has 0 spiro atoms. The Morgan fingerprint density at radius 2 is 2.12 bits per heavy atom. The number of imidazole rings is 1. The lowest BCUT2D eigenvalue weighted by Gasteiger charge is -2.14. The summed E-state index contributed by atoms with van der Waals surface area (Å²) in [6.07, 6.45) is 3.41. The van der Waals surface area contributed by atoms with Crippen molar-refractivity contribution in [2.45, 2.75) is 32.2 Å². The Balaban J connectivity index is 1.95. The summed E-state index contributed by atoms with van der Waals surface area (Å²) in [5.74, 6) is 1.79. The summed E-state index contributed by atoms with van der Waals surface area (Å²) in [6.45, 7) is 3.03. The van der Waals surface area contributed by atoms with Crippen molar-refractivity contribution in [3.8, 4) is 11.4 Å². The molecule has 7 heteroatoms. The third-order valence-electron chi connectivity index (χ3n) is 3.57. The highest BCUT2D eigenvalue weighted by molar-refractivity contribution is 7.97. The maximum Gasteiger partial charge on any atom is 0.405 e. The van der Waals surface area contributed by atoms with Crippen molar-refractivity contribution in [3.05, 3.63) is 42.2 Å². The first-order valence-electron chi connectivity index (χ1n) is 8.15. The average Bonchev–Trinajstić information content (AvgIpc) is 3.07. The molecular weight excluding hydrogens is 324 g/mol. The van der Waals surface area contributed by atoms with Crippen LogP contribution in [0.1, 0.15) is 37.9 Å². The van der Waals surface area contributed by atoms with Crippen molar-refractivity contribution in [3.63, 3.8) is 0 Å². The van der Waals surface area contributed by atoms with E-state index in [-0.39, 0.29) is 6.04 Å². The van der Waals surface area contributed by atoms with E-state index in [1.54, 1.807) is 18.1 Å². The smallest absolute Gasteiger partial charge is 0.405 e. The molecule has 1 amide bonds. The van der Waals surface area contributed by atoms with Crippen molar-refractivity contribution in [1.82, 2.24) is 20.0 Å².